The number of hydrogen-bond acceptors (Lipinski definition) is 2. The van der Waals surface area contributed by atoms with Gasteiger partial charge in [0.25, 0.3) is 0 Å². The highest BCUT2D eigenvalue weighted by molar-refractivity contribution is 4.82. The molecule has 0 radical (unpaired) electrons. The van der Waals surface area contributed by atoms with Crippen molar-refractivity contribution in [3.8, 4) is 12.3 Å². The number of hydrogen-bond donors (Lipinski definition) is 1. The number of terminal acetylenes is 1. The molecule has 1 N–H and O–H groups in total. The third-order valence-electron chi connectivity index (χ3n) is 2.88. The molecule has 0 saturated heterocycles. The minimum atomic E-state index is 0.349. The van der Waals surface area contributed by atoms with Gasteiger partial charge in [-0.2, -0.15) is 0 Å². The monoisotopic (exact) mass is 240 g/mol. The lowest BCUT2D eigenvalue weighted by Crippen LogP contribution is -1.94. The summed E-state index contributed by atoms with van der Waals surface area (Å²) < 4.78 is 5.21. The first-order valence-corrected chi connectivity index (χ1v) is 7.04. The normalized spacial score (nSPS) is 10.4. The zero-order chi connectivity index (χ0) is 12.6. The van der Waals surface area contributed by atoms with E-state index in [1.54, 1.807) is 0 Å². The number of rotatable bonds is 13. The quantitative estimate of drug-likeness (QED) is 0.394. The minimum Gasteiger partial charge on any atom is -0.396 e. The Bertz CT molecular complexity index is 172. The molecule has 17 heavy (non-hydrogen) atoms. The van der Waals surface area contributed by atoms with Gasteiger partial charge in [-0.1, -0.05) is 57.3 Å². The Morgan fingerprint density at radius 3 is 1.71 bits per heavy atom. The molecule has 0 aliphatic carbocycles. The second kappa shape index (κ2) is 15.5. The minimum absolute atomic E-state index is 0.349. The van der Waals surface area contributed by atoms with E-state index in [-0.39, 0.29) is 0 Å². The fraction of sp³-hybridized carbons (Fsp3) is 0.867. The van der Waals surface area contributed by atoms with E-state index in [1.807, 2.05) is 0 Å². The molecule has 0 bridgehead atoms. The largest absolute Gasteiger partial charge is 0.396 e. The summed E-state index contributed by atoms with van der Waals surface area (Å²) in [5.74, 6) is 2.47. The summed E-state index contributed by atoms with van der Waals surface area (Å²) in [5.41, 5.74) is 0. The molecule has 0 aromatic carbocycles. The van der Waals surface area contributed by atoms with Gasteiger partial charge in [-0.25, -0.2) is 0 Å². The van der Waals surface area contributed by atoms with Gasteiger partial charge in [-0.15, -0.1) is 6.42 Å². The summed E-state index contributed by atoms with van der Waals surface area (Å²) in [7, 11) is 0. The van der Waals surface area contributed by atoms with Crippen LogP contribution < -0.4 is 0 Å². The summed E-state index contributed by atoms with van der Waals surface area (Å²) >= 11 is 0. The van der Waals surface area contributed by atoms with Crippen molar-refractivity contribution in [2.75, 3.05) is 19.8 Å². The maximum Gasteiger partial charge on any atom is 0.107 e. The molecule has 0 amide bonds. The van der Waals surface area contributed by atoms with Gasteiger partial charge in [0.2, 0.25) is 0 Å². The van der Waals surface area contributed by atoms with Crippen LogP contribution in [0, 0.1) is 12.3 Å². The third kappa shape index (κ3) is 15.5. The molecule has 0 rings (SSSR count). The van der Waals surface area contributed by atoms with Crippen molar-refractivity contribution in [2.45, 2.75) is 64.2 Å². The molecule has 0 unspecified atom stereocenters. The molecule has 2 nitrogen and oxygen atoms in total. The van der Waals surface area contributed by atoms with Crippen LogP contribution >= 0.6 is 0 Å². The Labute approximate surface area is 107 Å². The van der Waals surface area contributed by atoms with Gasteiger partial charge >= 0.3 is 0 Å². The van der Waals surface area contributed by atoms with Crippen LogP contribution in [0.2, 0.25) is 0 Å². The standard InChI is InChI=1S/C15H28O2/c1-2-14-17-15-12-10-8-6-4-3-5-7-9-11-13-16/h1,16H,3-15H2. The topological polar surface area (TPSA) is 29.5 Å². The van der Waals surface area contributed by atoms with Crippen LogP contribution in [0.1, 0.15) is 64.2 Å². The van der Waals surface area contributed by atoms with Crippen LogP contribution in [0.4, 0.5) is 0 Å². The Morgan fingerprint density at radius 2 is 1.24 bits per heavy atom. The average Bonchev–Trinajstić information content (AvgIpc) is 2.35. The van der Waals surface area contributed by atoms with Gasteiger partial charge in [0, 0.05) is 13.2 Å². The highest BCUT2D eigenvalue weighted by atomic mass is 16.5. The van der Waals surface area contributed by atoms with Gasteiger partial charge in [0.15, 0.2) is 0 Å². The molecule has 0 aromatic heterocycles. The molecule has 0 spiro atoms. The van der Waals surface area contributed by atoms with E-state index < -0.39 is 0 Å². The van der Waals surface area contributed by atoms with Crippen molar-refractivity contribution in [1.82, 2.24) is 0 Å². The van der Waals surface area contributed by atoms with Crippen molar-refractivity contribution in [1.29, 1.82) is 0 Å². The second-order valence-corrected chi connectivity index (χ2v) is 4.52. The van der Waals surface area contributed by atoms with E-state index in [0.717, 1.165) is 19.4 Å². The smallest absolute Gasteiger partial charge is 0.107 e. The van der Waals surface area contributed by atoms with Gasteiger partial charge in [-0.3, -0.25) is 0 Å². The Hall–Kier alpha value is -0.520. The maximum atomic E-state index is 8.62. The number of ether oxygens (including phenoxy) is 1. The summed E-state index contributed by atoms with van der Waals surface area (Å²) in [4.78, 5) is 0. The first-order chi connectivity index (χ1) is 8.41. The predicted molar refractivity (Wildman–Crippen MR) is 72.9 cm³/mol. The highest BCUT2D eigenvalue weighted by Crippen LogP contribution is 2.10. The van der Waals surface area contributed by atoms with Gasteiger partial charge in [0.05, 0.1) is 0 Å². The fourth-order valence-electron chi connectivity index (χ4n) is 1.86. The average molecular weight is 240 g/mol. The van der Waals surface area contributed by atoms with Crippen molar-refractivity contribution in [3.63, 3.8) is 0 Å². The van der Waals surface area contributed by atoms with Gasteiger partial charge in [0.1, 0.15) is 6.61 Å². The van der Waals surface area contributed by atoms with Crippen LogP contribution in [0.3, 0.4) is 0 Å². The molecule has 2 heteroatoms. The van der Waals surface area contributed by atoms with E-state index in [4.69, 9.17) is 16.3 Å². The van der Waals surface area contributed by atoms with Crippen LogP contribution in [0.15, 0.2) is 0 Å². The van der Waals surface area contributed by atoms with E-state index in [1.165, 1.54) is 51.4 Å². The molecule has 0 atom stereocenters. The predicted octanol–water partition coefficient (Wildman–Crippen LogP) is 3.53. The summed E-state index contributed by atoms with van der Waals surface area (Å²) in [6.45, 7) is 1.61. The molecule has 0 aliphatic rings. The molecule has 100 valence electrons. The maximum absolute atomic E-state index is 8.62. The number of aliphatic hydroxyl groups excluding tert-OH is 1. The first-order valence-electron chi connectivity index (χ1n) is 7.04. The number of unbranched alkanes of at least 4 members (excludes halogenated alkanes) is 9. The van der Waals surface area contributed by atoms with Crippen LogP contribution in [0.25, 0.3) is 0 Å². The van der Waals surface area contributed by atoms with Gasteiger partial charge in [-0.05, 0) is 12.8 Å². The zero-order valence-electron chi connectivity index (χ0n) is 11.1. The van der Waals surface area contributed by atoms with Crippen molar-refractivity contribution >= 4 is 0 Å². The van der Waals surface area contributed by atoms with E-state index in [9.17, 15) is 0 Å². The van der Waals surface area contributed by atoms with Gasteiger partial charge < -0.3 is 9.84 Å². The zero-order valence-corrected chi connectivity index (χ0v) is 11.1. The molecule has 0 fully saturated rings. The molecule has 0 saturated carbocycles. The van der Waals surface area contributed by atoms with Crippen LogP contribution in [-0.2, 0) is 4.74 Å². The van der Waals surface area contributed by atoms with Crippen molar-refractivity contribution in [3.05, 3.63) is 0 Å². The summed E-state index contributed by atoms with van der Waals surface area (Å²) in [6.07, 6.45) is 17.6. The summed E-state index contributed by atoms with van der Waals surface area (Å²) in [5, 5.41) is 8.62. The van der Waals surface area contributed by atoms with Crippen LogP contribution in [0.5, 0.6) is 0 Å². The summed E-state index contributed by atoms with van der Waals surface area (Å²) in [6, 6.07) is 0. The lowest BCUT2D eigenvalue weighted by molar-refractivity contribution is 0.162. The Balaban J connectivity index is 2.87. The van der Waals surface area contributed by atoms with Crippen molar-refractivity contribution < 1.29 is 9.84 Å². The lowest BCUT2D eigenvalue weighted by atomic mass is 10.1. The highest BCUT2D eigenvalue weighted by Gasteiger charge is 1.93. The van der Waals surface area contributed by atoms with E-state index in [2.05, 4.69) is 5.92 Å². The first kappa shape index (κ1) is 16.5. The fourth-order valence-corrected chi connectivity index (χ4v) is 1.86. The molecule has 0 heterocycles. The molecular formula is C15H28O2. The second-order valence-electron chi connectivity index (χ2n) is 4.52. The Kier molecular flexibility index (Phi) is 15.0. The molecular weight excluding hydrogens is 212 g/mol. The SMILES string of the molecule is C#CCOCCCCCCCCCCCCO. The lowest BCUT2D eigenvalue weighted by Gasteiger charge is -2.02. The number of aliphatic hydroxyl groups is 1. The van der Waals surface area contributed by atoms with Crippen LogP contribution in [-0.4, -0.2) is 24.9 Å². The van der Waals surface area contributed by atoms with Crippen molar-refractivity contribution in [2.24, 2.45) is 0 Å². The Morgan fingerprint density at radius 1 is 0.765 bits per heavy atom. The third-order valence-corrected chi connectivity index (χ3v) is 2.88. The van der Waals surface area contributed by atoms with E-state index >= 15 is 0 Å². The molecule has 0 aromatic rings. The molecule has 0 aliphatic heterocycles. The van der Waals surface area contributed by atoms with E-state index in [0.29, 0.717) is 13.2 Å².